The second-order valence-corrected chi connectivity index (χ2v) is 4.77. The van der Waals surface area contributed by atoms with Crippen LogP contribution in [0.5, 0.6) is 0 Å². The molecule has 1 aromatic carbocycles. The van der Waals surface area contributed by atoms with E-state index < -0.39 is 0 Å². The molecule has 0 heterocycles. The van der Waals surface area contributed by atoms with E-state index in [-0.39, 0.29) is 11.5 Å². The maximum absolute atomic E-state index is 11.7. The highest BCUT2D eigenvalue weighted by molar-refractivity contribution is 6.42. The fraction of sp³-hybridized carbons (Fsp3) is 0.286. The molecule has 0 aliphatic heterocycles. The summed E-state index contributed by atoms with van der Waals surface area (Å²) < 4.78 is 0. The molecule has 0 bridgehead atoms. The Morgan fingerprint density at radius 3 is 2.74 bits per heavy atom. The van der Waals surface area contributed by atoms with E-state index in [0.29, 0.717) is 22.2 Å². The molecular weight excluding hydrogens is 283 g/mol. The second-order valence-electron chi connectivity index (χ2n) is 3.95. The minimum absolute atomic E-state index is 0.0505. The number of amides is 1. The molecule has 3 nitrogen and oxygen atoms in total. The molecule has 0 radical (unpaired) electrons. The molecule has 1 aromatic rings. The lowest BCUT2D eigenvalue weighted by atomic mass is 10.1. The lowest BCUT2D eigenvalue weighted by Crippen LogP contribution is -2.25. The van der Waals surface area contributed by atoms with Gasteiger partial charge in [0, 0.05) is 6.54 Å². The summed E-state index contributed by atoms with van der Waals surface area (Å²) in [5.74, 6) is -0.373. The summed E-state index contributed by atoms with van der Waals surface area (Å²) in [6, 6.07) is 6.82. The lowest BCUT2D eigenvalue weighted by Gasteiger charge is -2.03. The third-order valence-corrected chi connectivity index (χ3v) is 3.17. The van der Waals surface area contributed by atoms with E-state index in [4.69, 9.17) is 28.5 Å². The minimum Gasteiger partial charge on any atom is -0.351 e. The monoisotopic (exact) mass is 296 g/mol. The van der Waals surface area contributed by atoms with Crippen LogP contribution in [0, 0.1) is 11.3 Å². The van der Waals surface area contributed by atoms with Crippen LogP contribution >= 0.6 is 23.2 Å². The summed E-state index contributed by atoms with van der Waals surface area (Å²) in [6.07, 6.45) is 3.36. The van der Waals surface area contributed by atoms with Gasteiger partial charge in [-0.05, 0) is 30.2 Å². The Morgan fingerprint density at radius 1 is 1.42 bits per heavy atom. The van der Waals surface area contributed by atoms with Gasteiger partial charge in [-0.3, -0.25) is 4.79 Å². The van der Waals surface area contributed by atoms with Crippen molar-refractivity contribution in [3.63, 3.8) is 0 Å². The number of unbranched alkanes of at least 4 members (excludes halogenated alkanes) is 1. The average Bonchev–Trinajstić information content (AvgIpc) is 2.40. The summed E-state index contributed by atoms with van der Waals surface area (Å²) in [5, 5.41) is 12.5. The molecule has 0 saturated heterocycles. The van der Waals surface area contributed by atoms with Crippen LogP contribution in [0.2, 0.25) is 10.0 Å². The number of nitriles is 1. The summed E-state index contributed by atoms with van der Waals surface area (Å²) in [4.78, 5) is 11.7. The van der Waals surface area contributed by atoms with Crippen molar-refractivity contribution in [1.82, 2.24) is 5.32 Å². The number of benzene rings is 1. The van der Waals surface area contributed by atoms with Crippen molar-refractivity contribution in [2.45, 2.75) is 19.8 Å². The molecule has 5 heteroatoms. The van der Waals surface area contributed by atoms with Crippen LogP contribution in [0.3, 0.4) is 0 Å². The molecule has 0 saturated carbocycles. The van der Waals surface area contributed by atoms with E-state index in [1.165, 1.54) is 6.08 Å². The van der Waals surface area contributed by atoms with Gasteiger partial charge < -0.3 is 5.32 Å². The van der Waals surface area contributed by atoms with Gasteiger partial charge in [-0.25, -0.2) is 0 Å². The second kappa shape index (κ2) is 7.83. The maximum atomic E-state index is 11.7. The van der Waals surface area contributed by atoms with Gasteiger partial charge in [0.15, 0.2) is 0 Å². The Morgan fingerprint density at radius 2 is 2.16 bits per heavy atom. The highest BCUT2D eigenvalue weighted by atomic mass is 35.5. The van der Waals surface area contributed by atoms with Crippen LogP contribution in [0.15, 0.2) is 23.8 Å². The average molecular weight is 297 g/mol. The van der Waals surface area contributed by atoms with Gasteiger partial charge in [0.1, 0.15) is 11.6 Å². The lowest BCUT2D eigenvalue weighted by molar-refractivity contribution is -0.117. The van der Waals surface area contributed by atoms with Gasteiger partial charge in [0.2, 0.25) is 0 Å². The van der Waals surface area contributed by atoms with Crippen molar-refractivity contribution in [3.8, 4) is 6.07 Å². The summed E-state index contributed by atoms with van der Waals surface area (Å²) in [6.45, 7) is 2.60. The number of nitrogens with zero attached hydrogens (tertiary/aromatic N) is 1. The van der Waals surface area contributed by atoms with E-state index in [2.05, 4.69) is 5.32 Å². The first-order chi connectivity index (χ1) is 9.08. The Kier molecular flexibility index (Phi) is 6.41. The van der Waals surface area contributed by atoms with Gasteiger partial charge in [-0.15, -0.1) is 0 Å². The Bertz CT molecular complexity index is 533. The topological polar surface area (TPSA) is 52.9 Å². The molecule has 1 amide bonds. The van der Waals surface area contributed by atoms with Gasteiger partial charge >= 0.3 is 0 Å². The first-order valence-corrected chi connectivity index (χ1v) is 6.69. The zero-order chi connectivity index (χ0) is 14.3. The molecule has 0 aliphatic rings. The predicted octanol–water partition coefficient (Wildman–Crippen LogP) is 3.82. The van der Waals surface area contributed by atoms with Gasteiger partial charge in [-0.1, -0.05) is 42.6 Å². The Balaban J connectivity index is 2.84. The van der Waals surface area contributed by atoms with Crippen LogP contribution in [-0.2, 0) is 4.79 Å². The SMILES string of the molecule is CCCCNC(=O)/C(C#N)=C\c1ccc(Cl)c(Cl)c1. The zero-order valence-corrected chi connectivity index (χ0v) is 12.1. The molecule has 0 atom stereocenters. The van der Waals surface area contributed by atoms with Crippen molar-refractivity contribution in [2.24, 2.45) is 0 Å². The van der Waals surface area contributed by atoms with Crippen LogP contribution in [0.25, 0.3) is 6.08 Å². The van der Waals surface area contributed by atoms with Crippen LogP contribution < -0.4 is 5.32 Å². The number of hydrogen-bond acceptors (Lipinski definition) is 2. The molecule has 0 unspecified atom stereocenters. The molecule has 0 fully saturated rings. The van der Waals surface area contributed by atoms with E-state index in [1.807, 2.05) is 13.0 Å². The molecule has 0 aromatic heterocycles. The van der Waals surface area contributed by atoms with Gasteiger partial charge in [0.25, 0.3) is 5.91 Å². The minimum atomic E-state index is -0.373. The normalized spacial score (nSPS) is 10.9. The van der Waals surface area contributed by atoms with Crippen molar-refractivity contribution in [1.29, 1.82) is 5.26 Å². The molecule has 19 heavy (non-hydrogen) atoms. The summed E-state index contributed by atoms with van der Waals surface area (Å²) >= 11 is 11.7. The Labute approximate surface area is 122 Å². The Hall–Kier alpha value is -1.50. The molecular formula is C14H14Cl2N2O. The zero-order valence-electron chi connectivity index (χ0n) is 10.5. The molecule has 1 rings (SSSR count). The molecule has 0 aliphatic carbocycles. The summed E-state index contributed by atoms with van der Waals surface area (Å²) in [7, 11) is 0. The van der Waals surface area contributed by atoms with Crippen LogP contribution in [0.4, 0.5) is 0 Å². The van der Waals surface area contributed by atoms with E-state index >= 15 is 0 Å². The van der Waals surface area contributed by atoms with Crippen molar-refractivity contribution in [3.05, 3.63) is 39.4 Å². The predicted molar refractivity (Wildman–Crippen MR) is 78.0 cm³/mol. The third-order valence-electron chi connectivity index (χ3n) is 2.44. The number of halogens is 2. The van der Waals surface area contributed by atoms with Crippen molar-refractivity contribution >= 4 is 35.2 Å². The largest absolute Gasteiger partial charge is 0.351 e. The van der Waals surface area contributed by atoms with Gasteiger partial charge in [0.05, 0.1) is 10.0 Å². The van der Waals surface area contributed by atoms with E-state index in [9.17, 15) is 4.79 Å². The highest BCUT2D eigenvalue weighted by Gasteiger charge is 2.08. The number of nitrogens with one attached hydrogen (secondary N) is 1. The number of hydrogen-bond donors (Lipinski definition) is 1. The molecule has 0 spiro atoms. The van der Waals surface area contributed by atoms with Crippen molar-refractivity contribution < 1.29 is 4.79 Å². The summed E-state index contributed by atoms with van der Waals surface area (Å²) in [5.41, 5.74) is 0.714. The first kappa shape index (κ1) is 15.6. The highest BCUT2D eigenvalue weighted by Crippen LogP contribution is 2.23. The van der Waals surface area contributed by atoms with Crippen LogP contribution in [-0.4, -0.2) is 12.5 Å². The smallest absolute Gasteiger partial charge is 0.261 e. The first-order valence-electron chi connectivity index (χ1n) is 5.93. The van der Waals surface area contributed by atoms with E-state index in [1.54, 1.807) is 18.2 Å². The number of carbonyl (C=O) groups is 1. The quantitative estimate of drug-likeness (QED) is 0.510. The van der Waals surface area contributed by atoms with Crippen molar-refractivity contribution in [2.75, 3.05) is 6.54 Å². The van der Waals surface area contributed by atoms with Crippen LogP contribution in [0.1, 0.15) is 25.3 Å². The number of rotatable bonds is 5. The maximum Gasteiger partial charge on any atom is 0.261 e. The van der Waals surface area contributed by atoms with E-state index in [0.717, 1.165) is 12.8 Å². The molecule has 1 N–H and O–H groups in total. The van der Waals surface area contributed by atoms with Gasteiger partial charge in [-0.2, -0.15) is 5.26 Å². The third kappa shape index (κ3) is 4.94. The fourth-order valence-electron chi connectivity index (χ4n) is 1.39. The molecule has 100 valence electrons. The fourth-order valence-corrected chi connectivity index (χ4v) is 1.70. The standard InChI is InChI=1S/C14H14Cl2N2O/c1-2-3-6-18-14(19)11(9-17)7-10-4-5-12(15)13(16)8-10/h4-5,7-8H,2-3,6H2,1H3,(H,18,19)/b11-7-. The number of carbonyl (C=O) groups excluding carboxylic acids is 1.